The van der Waals surface area contributed by atoms with Gasteiger partial charge in [-0.3, -0.25) is 4.68 Å². The Bertz CT molecular complexity index is 430. The molecule has 4 heteroatoms. The quantitative estimate of drug-likeness (QED) is 0.831. The van der Waals surface area contributed by atoms with Gasteiger partial charge in [-0.05, 0) is 32.1 Å². The van der Waals surface area contributed by atoms with E-state index < -0.39 is 5.97 Å². The van der Waals surface area contributed by atoms with Gasteiger partial charge in [0.2, 0.25) is 0 Å². The second-order valence-corrected chi connectivity index (χ2v) is 4.82. The van der Waals surface area contributed by atoms with Crippen LogP contribution in [0.3, 0.4) is 0 Å². The highest BCUT2D eigenvalue weighted by Crippen LogP contribution is 2.34. The third kappa shape index (κ3) is 1.36. The van der Waals surface area contributed by atoms with E-state index in [2.05, 4.69) is 5.10 Å². The molecule has 0 aromatic carbocycles. The minimum absolute atomic E-state index is 0.330. The van der Waals surface area contributed by atoms with Crippen molar-refractivity contribution in [2.75, 3.05) is 0 Å². The van der Waals surface area contributed by atoms with Gasteiger partial charge in [-0.2, -0.15) is 5.10 Å². The minimum atomic E-state index is -0.803. The van der Waals surface area contributed by atoms with E-state index in [1.54, 1.807) is 4.68 Å². The Kier molecular flexibility index (Phi) is 2.23. The van der Waals surface area contributed by atoms with Crippen molar-refractivity contribution in [3.8, 4) is 0 Å². The lowest BCUT2D eigenvalue weighted by Crippen LogP contribution is -2.15. The van der Waals surface area contributed by atoms with Gasteiger partial charge in [0, 0.05) is 5.56 Å². The Morgan fingerprint density at radius 2 is 2.00 bits per heavy atom. The molecule has 0 saturated heterocycles. The first-order valence-corrected chi connectivity index (χ1v) is 6.11. The number of carboxylic acids is 1. The lowest BCUT2D eigenvalue weighted by Gasteiger charge is -2.12. The van der Waals surface area contributed by atoms with Crippen LogP contribution in [0.5, 0.6) is 0 Å². The zero-order valence-corrected chi connectivity index (χ0v) is 9.28. The van der Waals surface area contributed by atoms with Gasteiger partial charge >= 0.3 is 5.97 Å². The summed E-state index contributed by atoms with van der Waals surface area (Å²) in [7, 11) is 0. The molecule has 2 aliphatic carbocycles. The van der Waals surface area contributed by atoms with E-state index in [1.165, 1.54) is 12.8 Å². The first kappa shape index (κ1) is 9.87. The van der Waals surface area contributed by atoms with Crippen LogP contribution in [0.2, 0.25) is 0 Å². The second kappa shape index (κ2) is 3.61. The normalized spacial score (nSPS) is 20.2. The highest BCUT2D eigenvalue weighted by molar-refractivity contribution is 5.88. The first-order valence-electron chi connectivity index (χ1n) is 6.11. The molecule has 86 valence electrons. The molecular weight excluding hydrogens is 204 g/mol. The molecule has 16 heavy (non-hydrogen) atoms. The van der Waals surface area contributed by atoms with Crippen molar-refractivity contribution in [1.82, 2.24) is 9.78 Å². The summed E-state index contributed by atoms with van der Waals surface area (Å²) in [6.45, 7) is 0. The Morgan fingerprint density at radius 3 is 2.69 bits per heavy atom. The summed E-state index contributed by atoms with van der Waals surface area (Å²) < 4.78 is 1.80. The molecule has 1 fully saturated rings. The predicted octanol–water partition coefficient (Wildman–Crippen LogP) is 2.19. The molecule has 1 heterocycles. The summed E-state index contributed by atoms with van der Waals surface area (Å²) in [5.74, 6) is -0.803. The van der Waals surface area contributed by atoms with Gasteiger partial charge in [-0.1, -0.05) is 12.8 Å². The average Bonchev–Trinajstić information content (AvgIpc) is 2.92. The van der Waals surface area contributed by atoms with Gasteiger partial charge < -0.3 is 5.11 Å². The molecule has 0 spiro atoms. The molecule has 1 saturated carbocycles. The highest BCUT2D eigenvalue weighted by atomic mass is 16.4. The van der Waals surface area contributed by atoms with Gasteiger partial charge in [0.25, 0.3) is 0 Å². The summed E-state index contributed by atoms with van der Waals surface area (Å²) in [6.07, 6.45) is 7.48. The number of aromatic carboxylic acids is 1. The fourth-order valence-corrected chi connectivity index (χ4v) is 3.05. The van der Waals surface area contributed by atoms with Crippen molar-refractivity contribution in [3.05, 3.63) is 17.0 Å². The zero-order valence-electron chi connectivity index (χ0n) is 9.28. The average molecular weight is 220 g/mol. The molecule has 0 unspecified atom stereocenters. The Balaban J connectivity index is 2.06. The van der Waals surface area contributed by atoms with E-state index in [0.717, 1.165) is 43.4 Å². The molecule has 2 aliphatic rings. The van der Waals surface area contributed by atoms with Crippen LogP contribution >= 0.6 is 0 Å². The predicted molar refractivity (Wildman–Crippen MR) is 58.7 cm³/mol. The van der Waals surface area contributed by atoms with Crippen LogP contribution in [0.15, 0.2) is 0 Å². The molecule has 0 amide bonds. The van der Waals surface area contributed by atoms with E-state index in [1.807, 2.05) is 0 Å². The van der Waals surface area contributed by atoms with Gasteiger partial charge in [0.15, 0.2) is 0 Å². The lowest BCUT2D eigenvalue weighted by atomic mass is 10.2. The zero-order chi connectivity index (χ0) is 11.1. The van der Waals surface area contributed by atoms with E-state index in [4.69, 9.17) is 0 Å². The smallest absolute Gasteiger partial charge is 0.354 e. The second-order valence-electron chi connectivity index (χ2n) is 4.82. The van der Waals surface area contributed by atoms with Crippen LogP contribution in [0.25, 0.3) is 0 Å². The van der Waals surface area contributed by atoms with Crippen LogP contribution in [-0.4, -0.2) is 20.9 Å². The molecular formula is C12H16N2O2. The largest absolute Gasteiger partial charge is 0.477 e. The van der Waals surface area contributed by atoms with Crippen LogP contribution in [-0.2, 0) is 12.8 Å². The van der Waals surface area contributed by atoms with E-state index in [-0.39, 0.29) is 0 Å². The van der Waals surface area contributed by atoms with E-state index >= 15 is 0 Å². The fourth-order valence-electron chi connectivity index (χ4n) is 3.05. The van der Waals surface area contributed by atoms with Crippen LogP contribution in [0.4, 0.5) is 0 Å². The third-order valence-electron chi connectivity index (χ3n) is 3.81. The van der Waals surface area contributed by atoms with Crippen molar-refractivity contribution in [2.24, 2.45) is 0 Å². The van der Waals surface area contributed by atoms with E-state index in [0.29, 0.717) is 11.7 Å². The monoisotopic (exact) mass is 220 g/mol. The fraction of sp³-hybridized carbons (Fsp3) is 0.667. The van der Waals surface area contributed by atoms with Crippen LogP contribution in [0, 0.1) is 0 Å². The maximum atomic E-state index is 11.3. The lowest BCUT2D eigenvalue weighted by molar-refractivity contribution is 0.0679. The summed E-state index contributed by atoms with van der Waals surface area (Å²) in [4.78, 5) is 11.3. The molecule has 3 rings (SSSR count). The summed E-state index contributed by atoms with van der Waals surface area (Å²) >= 11 is 0. The molecule has 1 N–H and O–H groups in total. The summed E-state index contributed by atoms with van der Waals surface area (Å²) in [6, 6.07) is 0.330. The molecule has 0 atom stereocenters. The number of nitrogens with zero attached hydrogens (tertiary/aromatic N) is 2. The standard InChI is InChI=1S/C12H16N2O2/c15-12(16)11-9-6-3-7-10(9)13-14(11)8-4-1-2-5-8/h8H,1-7H2,(H,15,16). The van der Waals surface area contributed by atoms with Gasteiger partial charge in [0.1, 0.15) is 5.69 Å². The topological polar surface area (TPSA) is 55.1 Å². The van der Waals surface area contributed by atoms with Crippen LogP contribution in [0.1, 0.15) is 59.9 Å². The maximum absolute atomic E-state index is 11.3. The summed E-state index contributed by atoms with van der Waals surface area (Å²) in [5, 5.41) is 13.8. The molecule has 1 aromatic rings. The molecule has 1 aromatic heterocycles. The van der Waals surface area contributed by atoms with Crippen molar-refractivity contribution in [2.45, 2.75) is 51.0 Å². The molecule has 0 aliphatic heterocycles. The Labute approximate surface area is 94.3 Å². The number of aryl methyl sites for hydroxylation is 1. The highest BCUT2D eigenvalue weighted by Gasteiger charge is 2.30. The minimum Gasteiger partial charge on any atom is -0.477 e. The number of carbonyl (C=O) groups is 1. The Hall–Kier alpha value is -1.32. The summed E-state index contributed by atoms with van der Waals surface area (Å²) in [5.41, 5.74) is 2.50. The number of hydrogen-bond donors (Lipinski definition) is 1. The van der Waals surface area contributed by atoms with Crippen molar-refractivity contribution in [1.29, 1.82) is 0 Å². The maximum Gasteiger partial charge on any atom is 0.354 e. The Morgan fingerprint density at radius 1 is 1.25 bits per heavy atom. The first-order chi connectivity index (χ1) is 7.77. The molecule has 0 radical (unpaired) electrons. The van der Waals surface area contributed by atoms with Crippen molar-refractivity contribution >= 4 is 5.97 Å². The molecule has 4 nitrogen and oxygen atoms in total. The number of fused-ring (bicyclic) bond motifs is 1. The third-order valence-corrected chi connectivity index (χ3v) is 3.81. The van der Waals surface area contributed by atoms with Gasteiger partial charge in [0.05, 0.1) is 11.7 Å². The molecule has 0 bridgehead atoms. The number of rotatable bonds is 2. The van der Waals surface area contributed by atoms with Crippen molar-refractivity contribution < 1.29 is 9.90 Å². The van der Waals surface area contributed by atoms with Crippen LogP contribution < -0.4 is 0 Å². The van der Waals surface area contributed by atoms with Gasteiger partial charge in [-0.25, -0.2) is 4.79 Å². The van der Waals surface area contributed by atoms with E-state index in [9.17, 15) is 9.90 Å². The van der Waals surface area contributed by atoms with Crippen molar-refractivity contribution in [3.63, 3.8) is 0 Å². The number of carboxylic acid groups (broad SMARTS) is 1. The number of hydrogen-bond acceptors (Lipinski definition) is 2. The SMILES string of the molecule is O=C(O)c1c2c(nn1C1CCCC1)CCC2. The number of aromatic nitrogens is 2. The van der Waals surface area contributed by atoms with Gasteiger partial charge in [-0.15, -0.1) is 0 Å².